The topological polar surface area (TPSA) is 26.3 Å². The molecule has 0 saturated heterocycles. The Morgan fingerprint density at radius 2 is 1.64 bits per heavy atom. The van der Waals surface area contributed by atoms with Gasteiger partial charge in [-0.05, 0) is 31.4 Å². The zero-order valence-electron chi connectivity index (χ0n) is 15.7. The fourth-order valence-electron chi connectivity index (χ4n) is 2.97. The van der Waals surface area contributed by atoms with E-state index in [-0.39, 0.29) is 16.7 Å². The van der Waals surface area contributed by atoms with E-state index in [4.69, 9.17) is 16.3 Å². The highest BCUT2D eigenvalue weighted by atomic mass is 35.5. The third-order valence-electron chi connectivity index (χ3n) is 4.44. The van der Waals surface area contributed by atoms with E-state index in [0.717, 1.165) is 32.1 Å². The monoisotopic (exact) mass is 370 g/mol. The van der Waals surface area contributed by atoms with E-state index in [1.165, 1.54) is 50.7 Å². The van der Waals surface area contributed by atoms with Gasteiger partial charge in [-0.1, -0.05) is 82.9 Å². The highest BCUT2D eigenvalue weighted by Crippen LogP contribution is 2.21. The molecule has 142 valence electrons. The van der Waals surface area contributed by atoms with E-state index >= 15 is 0 Å². The molecule has 0 saturated carbocycles. The first-order valence-corrected chi connectivity index (χ1v) is 10.1. The predicted octanol–water partition coefficient (Wildman–Crippen LogP) is 7.34. The maximum absolute atomic E-state index is 13.9. The number of carbonyl (C=O) groups is 1. The minimum atomic E-state index is -0.698. The Bertz CT molecular complexity index is 505. The third-order valence-corrected chi connectivity index (χ3v) is 4.73. The molecular formula is C21H32ClFO2. The van der Waals surface area contributed by atoms with Crippen LogP contribution < -0.4 is 0 Å². The molecule has 0 spiro atoms. The lowest BCUT2D eigenvalue weighted by Gasteiger charge is -2.17. The van der Waals surface area contributed by atoms with Crippen LogP contribution in [0.5, 0.6) is 0 Å². The number of hydrogen-bond donors (Lipinski definition) is 0. The van der Waals surface area contributed by atoms with Crippen LogP contribution in [0.1, 0.15) is 94.8 Å². The summed E-state index contributed by atoms with van der Waals surface area (Å²) in [6.45, 7) is 4.29. The van der Waals surface area contributed by atoms with Gasteiger partial charge in [0.1, 0.15) is 6.10 Å². The van der Waals surface area contributed by atoms with Crippen LogP contribution in [0.25, 0.3) is 0 Å². The van der Waals surface area contributed by atoms with Gasteiger partial charge in [0, 0.05) is 0 Å². The molecular weight excluding hydrogens is 339 g/mol. The Hall–Kier alpha value is -1.09. The number of rotatable bonds is 13. The Morgan fingerprint density at radius 3 is 2.28 bits per heavy atom. The molecule has 0 aliphatic rings. The van der Waals surface area contributed by atoms with Gasteiger partial charge in [-0.15, -0.1) is 0 Å². The standard InChI is InChI=1S/C21H32ClFO2/c1-3-5-6-7-8-9-10-11-14-17(13-4-2)25-21(24)18-15-12-16-19(22)20(18)23/h12,15-17H,3-11,13-14H2,1-2H3. The first-order chi connectivity index (χ1) is 12.1. The van der Waals surface area contributed by atoms with Crippen LogP contribution >= 0.6 is 11.6 Å². The fraction of sp³-hybridized carbons (Fsp3) is 0.667. The molecule has 2 nitrogen and oxygen atoms in total. The Labute approximate surface area is 157 Å². The van der Waals surface area contributed by atoms with Crippen LogP contribution in [0.2, 0.25) is 5.02 Å². The lowest BCUT2D eigenvalue weighted by atomic mass is 10.0. The Morgan fingerprint density at radius 1 is 1.00 bits per heavy atom. The van der Waals surface area contributed by atoms with Crippen molar-refractivity contribution in [1.29, 1.82) is 0 Å². The van der Waals surface area contributed by atoms with Crippen molar-refractivity contribution in [3.63, 3.8) is 0 Å². The van der Waals surface area contributed by atoms with Gasteiger partial charge in [0.15, 0.2) is 5.82 Å². The molecule has 0 heterocycles. The molecule has 0 N–H and O–H groups in total. The van der Waals surface area contributed by atoms with Crippen molar-refractivity contribution in [1.82, 2.24) is 0 Å². The molecule has 1 unspecified atom stereocenters. The number of carbonyl (C=O) groups excluding carboxylic acids is 1. The van der Waals surface area contributed by atoms with Crippen molar-refractivity contribution >= 4 is 17.6 Å². The summed E-state index contributed by atoms with van der Waals surface area (Å²) in [6.07, 6.45) is 12.4. The fourth-order valence-corrected chi connectivity index (χ4v) is 3.14. The van der Waals surface area contributed by atoms with Crippen LogP contribution in [0.4, 0.5) is 4.39 Å². The van der Waals surface area contributed by atoms with Gasteiger partial charge in [-0.3, -0.25) is 0 Å². The van der Waals surface area contributed by atoms with Gasteiger partial charge in [-0.25, -0.2) is 9.18 Å². The van der Waals surface area contributed by atoms with E-state index in [2.05, 4.69) is 13.8 Å². The number of unbranched alkanes of at least 4 members (excludes halogenated alkanes) is 7. The summed E-state index contributed by atoms with van der Waals surface area (Å²) in [4.78, 5) is 12.2. The van der Waals surface area contributed by atoms with Crippen molar-refractivity contribution in [3.05, 3.63) is 34.6 Å². The van der Waals surface area contributed by atoms with E-state index in [0.29, 0.717) is 0 Å². The second-order valence-electron chi connectivity index (χ2n) is 6.68. The van der Waals surface area contributed by atoms with Crippen molar-refractivity contribution in [2.24, 2.45) is 0 Å². The highest BCUT2D eigenvalue weighted by molar-refractivity contribution is 6.31. The molecule has 25 heavy (non-hydrogen) atoms. The SMILES string of the molecule is CCCCCCCCCCC(CCC)OC(=O)c1cccc(Cl)c1F. The van der Waals surface area contributed by atoms with Crippen molar-refractivity contribution in [2.75, 3.05) is 0 Å². The lowest BCUT2D eigenvalue weighted by Crippen LogP contribution is -2.19. The molecule has 0 fully saturated rings. The lowest BCUT2D eigenvalue weighted by molar-refractivity contribution is 0.0248. The number of hydrogen-bond acceptors (Lipinski definition) is 2. The molecule has 1 aromatic carbocycles. The Balaban J connectivity index is 2.36. The van der Waals surface area contributed by atoms with Crippen molar-refractivity contribution < 1.29 is 13.9 Å². The summed E-state index contributed by atoms with van der Waals surface area (Å²) >= 11 is 5.74. The first kappa shape index (κ1) is 22.0. The highest BCUT2D eigenvalue weighted by Gasteiger charge is 2.19. The molecule has 0 radical (unpaired) electrons. The van der Waals surface area contributed by atoms with Crippen LogP contribution in [-0.2, 0) is 4.74 Å². The number of benzene rings is 1. The largest absolute Gasteiger partial charge is 0.459 e. The third kappa shape index (κ3) is 8.71. The average molecular weight is 371 g/mol. The smallest absolute Gasteiger partial charge is 0.341 e. The van der Waals surface area contributed by atoms with E-state index in [1.807, 2.05) is 0 Å². The van der Waals surface area contributed by atoms with Crippen LogP contribution in [0.3, 0.4) is 0 Å². The summed E-state index contributed by atoms with van der Waals surface area (Å²) in [5.41, 5.74) is -0.0791. The van der Waals surface area contributed by atoms with Gasteiger partial charge in [0.25, 0.3) is 0 Å². The maximum atomic E-state index is 13.9. The Kier molecular flexibility index (Phi) is 11.6. The van der Waals surface area contributed by atoms with Gasteiger partial charge >= 0.3 is 5.97 Å². The van der Waals surface area contributed by atoms with Crippen LogP contribution in [-0.4, -0.2) is 12.1 Å². The normalized spacial score (nSPS) is 12.2. The van der Waals surface area contributed by atoms with Crippen molar-refractivity contribution in [2.45, 2.75) is 90.6 Å². The minimum Gasteiger partial charge on any atom is -0.459 e. The molecule has 0 amide bonds. The van der Waals surface area contributed by atoms with Gasteiger partial charge in [0.2, 0.25) is 0 Å². The molecule has 0 bridgehead atoms. The first-order valence-electron chi connectivity index (χ1n) is 9.75. The predicted molar refractivity (Wildman–Crippen MR) is 103 cm³/mol. The van der Waals surface area contributed by atoms with E-state index < -0.39 is 11.8 Å². The molecule has 1 rings (SSSR count). The van der Waals surface area contributed by atoms with Crippen LogP contribution in [0, 0.1) is 5.82 Å². The summed E-state index contributed by atoms with van der Waals surface area (Å²) in [6, 6.07) is 4.41. The number of halogens is 2. The van der Waals surface area contributed by atoms with Gasteiger partial charge in [-0.2, -0.15) is 0 Å². The molecule has 0 aliphatic heterocycles. The van der Waals surface area contributed by atoms with Crippen LogP contribution in [0.15, 0.2) is 18.2 Å². The molecule has 4 heteroatoms. The van der Waals surface area contributed by atoms with Crippen molar-refractivity contribution in [3.8, 4) is 0 Å². The summed E-state index contributed by atoms with van der Waals surface area (Å²) in [5, 5.41) is -0.0513. The number of esters is 1. The zero-order chi connectivity index (χ0) is 18.5. The molecule has 0 aliphatic carbocycles. The van der Waals surface area contributed by atoms with E-state index in [9.17, 15) is 9.18 Å². The summed E-state index contributed by atoms with van der Waals surface area (Å²) < 4.78 is 19.5. The molecule has 1 aromatic rings. The quantitative estimate of drug-likeness (QED) is 0.268. The second kappa shape index (κ2) is 13.2. The zero-order valence-corrected chi connectivity index (χ0v) is 16.4. The van der Waals surface area contributed by atoms with Gasteiger partial charge < -0.3 is 4.74 Å². The van der Waals surface area contributed by atoms with E-state index in [1.54, 1.807) is 6.07 Å². The summed E-state index contributed by atoms with van der Waals surface area (Å²) in [7, 11) is 0. The molecule has 1 atom stereocenters. The maximum Gasteiger partial charge on any atom is 0.341 e. The van der Waals surface area contributed by atoms with Gasteiger partial charge in [0.05, 0.1) is 10.6 Å². The second-order valence-corrected chi connectivity index (χ2v) is 7.09. The summed E-state index contributed by atoms with van der Waals surface area (Å²) in [5.74, 6) is -1.31. The minimum absolute atomic E-state index is 0.0513. The number of ether oxygens (including phenoxy) is 1. The molecule has 0 aromatic heterocycles. The average Bonchev–Trinajstić information content (AvgIpc) is 2.59.